The summed E-state index contributed by atoms with van der Waals surface area (Å²) in [6.45, 7) is 9.59. The van der Waals surface area contributed by atoms with E-state index in [9.17, 15) is 38.4 Å². The molecule has 4 aromatic carbocycles. The molecule has 0 heterocycles. The number of unbranched alkanes of at least 4 members (excludes halogenated alkanes) is 10. The Labute approximate surface area is 504 Å². The van der Waals surface area contributed by atoms with Gasteiger partial charge in [-0.3, -0.25) is 19.2 Å². The molecule has 2 aliphatic carbocycles. The van der Waals surface area contributed by atoms with Gasteiger partial charge < -0.3 is 56.8 Å². The lowest BCUT2D eigenvalue weighted by atomic mass is 9.82. The third kappa shape index (κ3) is 26.8. The monoisotopic (exact) mass is 1200 g/mol. The molecule has 20 heteroatoms. The maximum atomic E-state index is 12.7. The minimum atomic E-state index is -0.771. The van der Waals surface area contributed by atoms with E-state index in [0.29, 0.717) is 112 Å². The number of ether oxygens (including phenoxy) is 12. The smallest absolute Gasteiger partial charge is 0.434 e. The lowest BCUT2D eigenvalue weighted by Gasteiger charge is -2.25. The van der Waals surface area contributed by atoms with Gasteiger partial charge in [0.05, 0.1) is 50.1 Å². The van der Waals surface area contributed by atoms with Gasteiger partial charge in [0.2, 0.25) is 0 Å². The molecular formula is C66H84O20. The highest BCUT2D eigenvalue weighted by atomic mass is 16.7. The van der Waals surface area contributed by atoms with Crippen LogP contribution in [0.5, 0.6) is 46.0 Å². The second kappa shape index (κ2) is 39.5. The molecule has 0 N–H and O–H groups in total. The highest BCUT2D eigenvalue weighted by Crippen LogP contribution is 2.34. The second-order valence-electron chi connectivity index (χ2n) is 21.0. The number of benzene rings is 4. The number of esters is 4. The van der Waals surface area contributed by atoms with Gasteiger partial charge in [0, 0.05) is 0 Å². The Balaban J connectivity index is 0.000000314. The van der Waals surface area contributed by atoms with E-state index in [4.69, 9.17) is 56.8 Å². The van der Waals surface area contributed by atoms with Crippen LogP contribution in [0, 0.1) is 23.7 Å². The largest absolute Gasteiger partial charge is 0.513 e. The minimum absolute atomic E-state index is 0.289. The van der Waals surface area contributed by atoms with E-state index < -0.39 is 24.6 Å². The standard InChI is InChI=1S/C34H44O10.C32H40O10/c1-3-5-7-9-23-39-33(37)43-29-19-15-27(16-20-29)41-31(35)25-11-13-26(14-12-25)32(36)42-28-17-21-30(22-18-28)44-34(38)40-24-10-8-6-4-2;1-3-5-7-21-37-31(35)41-27-17-13-25(14-18-27)39-29(33)23-9-11-24(12-10-23)30(34)40-26-15-19-28(20-16-26)42-32(36)38-22-8-6-4-2/h15-22,25-26H,3-14,23-24H2,1-2H3;13-20,23-24H,3-12,21-22H2,1-2H3. The third-order valence-corrected chi connectivity index (χ3v) is 14.1. The van der Waals surface area contributed by atoms with Crippen molar-refractivity contribution in [2.75, 3.05) is 26.4 Å². The van der Waals surface area contributed by atoms with Gasteiger partial charge in [0.15, 0.2) is 0 Å². The Morgan fingerprint density at radius 3 is 0.605 bits per heavy atom. The van der Waals surface area contributed by atoms with Crippen molar-refractivity contribution < 1.29 is 95.2 Å². The normalized spacial score (nSPS) is 16.0. The quantitative estimate of drug-likeness (QED) is 0.0155. The van der Waals surface area contributed by atoms with Gasteiger partial charge in [-0.1, -0.05) is 91.9 Å². The van der Waals surface area contributed by atoms with Crippen molar-refractivity contribution in [3.63, 3.8) is 0 Å². The highest BCUT2D eigenvalue weighted by Gasteiger charge is 2.34. The van der Waals surface area contributed by atoms with Crippen LogP contribution in [0.15, 0.2) is 97.1 Å². The number of carbonyl (C=O) groups is 8. The first-order valence-corrected chi connectivity index (χ1v) is 30.4. The lowest BCUT2D eigenvalue weighted by Crippen LogP contribution is -2.30. The fourth-order valence-electron chi connectivity index (χ4n) is 9.12. The molecule has 0 atom stereocenters. The van der Waals surface area contributed by atoms with Crippen LogP contribution < -0.4 is 37.9 Å². The topological polar surface area (TPSA) is 247 Å². The molecule has 0 unspecified atom stereocenters. The molecular weight excluding hydrogens is 1110 g/mol. The summed E-state index contributed by atoms with van der Waals surface area (Å²) in [6.07, 6.45) is 14.5. The molecule has 0 aromatic heterocycles. The highest BCUT2D eigenvalue weighted by molar-refractivity contribution is 5.79. The fraction of sp³-hybridized carbons (Fsp3) is 0.515. The fourth-order valence-corrected chi connectivity index (χ4v) is 9.12. The molecule has 0 radical (unpaired) electrons. The van der Waals surface area contributed by atoms with Gasteiger partial charge in [0.1, 0.15) is 46.0 Å². The molecule has 0 bridgehead atoms. The van der Waals surface area contributed by atoms with E-state index in [-0.39, 0.29) is 59.0 Å². The molecule has 0 spiro atoms. The maximum Gasteiger partial charge on any atom is 0.513 e. The van der Waals surface area contributed by atoms with Crippen LogP contribution >= 0.6 is 0 Å². The second-order valence-corrected chi connectivity index (χ2v) is 21.0. The van der Waals surface area contributed by atoms with Gasteiger partial charge in [-0.25, -0.2) is 19.2 Å². The Morgan fingerprint density at radius 2 is 0.419 bits per heavy atom. The van der Waals surface area contributed by atoms with E-state index in [0.717, 1.165) is 89.9 Å². The van der Waals surface area contributed by atoms with E-state index >= 15 is 0 Å². The van der Waals surface area contributed by atoms with E-state index in [1.54, 1.807) is 48.5 Å². The van der Waals surface area contributed by atoms with Gasteiger partial charge in [-0.05, 0) is 174 Å². The summed E-state index contributed by atoms with van der Waals surface area (Å²) >= 11 is 0. The van der Waals surface area contributed by atoms with Crippen LogP contribution in [0.1, 0.15) is 169 Å². The zero-order valence-corrected chi connectivity index (χ0v) is 50.1. The SMILES string of the molecule is CCCCCCOC(=O)Oc1ccc(OC(=O)C2CCC(C(=O)Oc3ccc(OC(=O)OCCCCCC)cc3)CC2)cc1.CCCCCOC(=O)Oc1ccc(OC(=O)C2CCC(C(=O)Oc3ccc(OC(=O)OCCCCC)cc3)CC2)cc1. The van der Waals surface area contributed by atoms with Crippen molar-refractivity contribution in [3.8, 4) is 46.0 Å². The molecule has 2 fully saturated rings. The number of rotatable bonds is 30. The van der Waals surface area contributed by atoms with Crippen molar-refractivity contribution in [3.05, 3.63) is 97.1 Å². The summed E-state index contributed by atoms with van der Waals surface area (Å²) in [6, 6.07) is 24.7. The summed E-state index contributed by atoms with van der Waals surface area (Å²) in [4.78, 5) is 97.9. The van der Waals surface area contributed by atoms with Crippen LogP contribution in [0.25, 0.3) is 0 Å². The summed E-state index contributed by atoms with van der Waals surface area (Å²) < 4.78 is 62.7. The number of hydrogen-bond donors (Lipinski definition) is 0. The maximum absolute atomic E-state index is 12.7. The van der Waals surface area contributed by atoms with E-state index in [1.165, 1.54) is 48.5 Å². The molecule has 86 heavy (non-hydrogen) atoms. The first-order valence-electron chi connectivity index (χ1n) is 30.4. The first-order chi connectivity index (χ1) is 41.7. The molecule has 20 nitrogen and oxygen atoms in total. The van der Waals surface area contributed by atoms with Gasteiger partial charge in [-0.15, -0.1) is 0 Å². The summed E-state index contributed by atoms with van der Waals surface area (Å²) in [5.74, 6) is -0.300. The third-order valence-electron chi connectivity index (χ3n) is 14.1. The molecule has 468 valence electrons. The molecule has 0 aliphatic heterocycles. The van der Waals surface area contributed by atoms with Crippen molar-refractivity contribution in [2.24, 2.45) is 23.7 Å². The van der Waals surface area contributed by atoms with Crippen molar-refractivity contribution in [1.82, 2.24) is 0 Å². The summed E-state index contributed by atoms with van der Waals surface area (Å²) in [5.41, 5.74) is 0. The van der Waals surface area contributed by atoms with E-state index in [1.807, 2.05) is 0 Å². The zero-order valence-electron chi connectivity index (χ0n) is 50.1. The van der Waals surface area contributed by atoms with Crippen molar-refractivity contribution in [1.29, 1.82) is 0 Å². The van der Waals surface area contributed by atoms with Crippen LogP contribution in [0.3, 0.4) is 0 Å². The van der Waals surface area contributed by atoms with Crippen LogP contribution in [-0.2, 0) is 38.1 Å². The minimum Gasteiger partial charge on any atom is -0.434 e. The molecule has 0 saturated heterocycles. The summed E-state index contributed by atoms with van der Waals surface area (Å²) in [7, 11) is 0. The number of hydrogen-bond acceptors (Lipinski definition) is 20. The van der Waals surface area contributed by atoms with Gasteiger partial charge in [-0.2, -0.15) is 0 Å². The predicted molar refractivity (Wildman–Crippen MR) is 314 cm³/mol. The first kappa shape index (κ1) is 68.6. The molecule has 0 amide bonds. The Kier molecular flexibility index (Phi) is 31.5. The lowest BCUT2D eigenvalue weighted by molar-refractivity contribution is -0.145. The van der Waals surface area contributed by atoms with Gasteiger partial charge >= 0.3 is 48.5 Å². The van der Waals surface area contributed by atoms with Crippen LogP contribution in [-0.4, -0.2) is 74.9 Å². The molecule has 6 rings (SSSR count). The number of carbonyl (C=O) groups excluding carboxylic acids is 8. The van der Waals surface area contributed by atoms with Crippen LogP contribution in [0.2, 0.25) is 0 Å². The van der Waals surface area contributed by atoms with Crippen LogP contribution in [0.4, 0.5) is 19.2 Å². The Bertz CT molecular complexity index is 2490. The van der Waals surface area contributed by atoms with E-state index in [2.05, 4.69) is 27.7 Å². The molecule has 4 aromatic rings. The van der Waals surface area contributed by atoms with Crippen molar-refractivity contribution >= 4 is 48.5 Å². The average molecular weight is 1200 g/mol. The van der Waals surface area contributed by atoms with Gasteiger partial charge in [0.25, 0.3) is 0 Å². The Morgan fingerprint density at radius 1 is 0.256 bits per heavy atom. The predicted octanol–water partition coefficient (Wildman–Crippen LogP) is 15.6. The average Bonchev–Trinajstić information content (AvgIpc) is 3.48. The molecule has 2 saturated carbocycles. The Hall–Kier alpha value is -8.16. The zero-order chi connectivity index (χ0) is 61.7. The van der Waals surface area contributed by atoms with Crippen molar-refractivity contribution in [2.45, 2.75) is 169 Å². The summed E-state index contributed by atoms with van der Waals surface area (Å²) in [5, 5.41) is 0. The molecule has 2 aliphatic rings.